The fourth-order valence-electron chi connectivity index (χ4n) is 3.49. The number of hydrogen-bond acceptors (Lipinski definition) is 4. The van der Waals surface area contributed by atoms with Crippen molar-refractivity contribution in [2.75, 3.05) is 0 Å². The number of carboxylic acids is 1. The summed E-state index contributed by atoms with van der Waals surface area (Å²) >= 11 is 0. The summed E-state index contributed by atoms with van der Waals surface area (Å²) in [5, 5.41) is 11.9. The Morgan fingerprint density at radius 3 is 2.38 bits per heavy atom. The molecule has 1 unspecified atom stereocenters. The van der Waals surface area contributed by atoms with Crippen LogP contribution in [0, 0.1) is 5.92 Å². The summed E-state index contributed by atoms with van der Waals surface area (Å²) in [5.74, 6) is -2.18. The van der Waals surface area contributed by atoms with Gasteiger partial charge >= 0.3 is 5.97 Å². The van der Waals surface area contributed by atoms with Gasteiger partial charge in [-0.2, -0.15) is 0 Å². The second kappa shape index (κ2) is 7.50. The van der Waals surface area contributed by atoms with Gasteiger partial charge in [0.05, 0.1) is 17.7 Å². The van der Waals surface area contributed by atoms with Gasteiger partial charge in [0.1, 0.15) is 6.04 Å². The molecule has 0 aromatic heterocycles. The maximum Gasteiger partial charge on any atom is 0.326 e. The summed E-state index contributed by atoms with van der Waals surface area (Å²) in [4.78, 5) is 50.5. The molecule has 0 radical (unpaired) electrons. The predicted molar refractivity (Wildman–Crippen MR) is 103 cm³/mol. The lowest BCUT2D eigenvalue weighted by Crippen LogP contribution is -2.41. The van der Waals surface area contributed by atoms with E-state index in [-0.39, 0.29) is 23.2 Å². The average Bonchev–Trinajstić information content (AvgIpc) is 3.51. The molecule has 1 aliphatic carbocycles. The summed E-state index contributed by atoms with van der Waals surface area (Å²) in [5.41, 5.74) is 1.39. The topological polar surface area (TPSA) is 104 Å². The Balaban J connectivity index is 1.52. The SMILES string of the molecule is O=C(NC(CC1CC1)C(=O)O)c1ccc2c(c1)C(=O)N(Cc1ccccc1)C2=O. The molecule has 0 saturated heterocycles. The number of nitrogens with one attached hydrogen (secondary N) is 1. The van der Waals surface area contributed by atoms with E-state index in [0.29, 0.717) is 12.3 Å². The van der Waals surface area contributed by atoms with Crippen molar-refractivity contribution >= 4 is 23.7 Å². The number of hydrogen-bond donors (Lipinski definition) is 2. The first-order valence-electron chi connectivity index (χ1n) is 9.52. The molecule has 0 spiro atoms. The third-order valence-electron chi connectivity index (χ3n) is 5.29. The number of imide groups is 1. The van der Waals surface area contributed by atoms with Gasteiger partial charge in [0, 0.05) is 5.56 Å². The van der Waals surface area contributed by atoms with Crippen molar-refractivity contribution < 1.29 is 24.3 Å². The Kier molecular flexibility index (Phi) is 4.88. The van der Waals surface area contributed by atoms with E-state index >= 15 is 0 Å². The van der Waals surface area contributed by atoms with Crippen molar-refractivity contribution in [3.8, 4) is 0 Å². The molecule has 2 N–H and O–H groups in total. The summed E-state index contributed by atoms with van der Waals surface area (Å²) in [7, 11) is 0. The highest BCUT2D eigenvalue weighted by molar-refractivity contribution is 6.22. The maximum absolute atomic E-state index is 12.7. The van der Waals surface area contributed by atoms with Gasteiger partial charge in [-0.1, -0.05) is 43.2 Å². The smallest absolute Gasteiger partial charge is 0.326 e. The number of carbonyl (C=O) groups is 4. The molecule has 1 aliphatic heterocycles. The van der Waals surface area contributed by atoms with E-state index in [2.05, 4.69) is 5.32 Å². The van der Waals surface area contributed by atoms with Crippen LogP contribution in [-0.2, 0) is 11.3 Å². The van der Waals surface area contributed by atoms with Gasteiger partial charge < -0.3 is 10.4 Å². The van der Waals surface area contributed by atoms with E-state index in [1.54, 1.807) is 0 Å². The number of benzene rings is 2. The van der Waals surface area contributed by atoms with Crippen LogP contribution in [0.1, 0.15) is 55.9 Å². The summed E-state index contributed by atoms with van der Waals surface area (Å²) in [6, 6.07) is 12.5. The first-order valence-corrected chi connectivity index (χ1v) is 9.52. The molecule has 0 bridgehead atoms. The van der Waals surface area contributed by atoms with Gasteiger partial charge in [0.25, 0.3) is 17.7 Å². The minimum atomic E-state index is -1.08. The van der Waals surface area contributed by atoms with Crippen LogP contribution < -0.4 is 5.32 Å². The molecule has 7 nitrogen and oxygen atoms in total. The highest BCUT2D eigenvalue weighted by Crippen LogP contribution is 2.33. The Morgan fingerprint density at radius 1 is 1.03 bits per heavy atom. The molecule has 2 aromatic carbocycles. The Labute approximate surface area is 167 Å². The molecule has 2 aliphatic rings. The molecule has 1 heterocycles. The van der Waals surface area contributed by atoms with Crippen LogP contribution in [0.5, 0.6) is 0 Å². The van der Waals surface area contributed by atoms with E-state index in [0.717, 1.165) is 23.3 Å². The lowest BCUT2D eigenvalue weighted by atomic mass is 10.0. The molecule has 7 heteroatoms. The van der Waals surface area contributed by atoms with E-state index in [4.69, 9.17) is 0 Å². The van der Waals surface area contributed by atoms with Crippen LogP contribution in [0.2, 0.25) is 0 Å². The molecular weight excluding hydrogens is 372 g/mol. The number of carboxylic acid groups (broad SMARTS) is 1. The third-order valence-corrected chi connectivity index (χ3v) is 5.29. The van der Waals surface area contributed by atoms with Crippen LogP contribution in [0.4, 0.5) is 0 Å². The molecule has 1 fully saturated rings. The lowest BCUT2D eigenvalue weighted by Gasteiger charge is -2.14. The second-order valence-corrected chi connectivity index (χ2v) is 7.49. The van der Waals surface area contributed by atoms with Crippen LogP contribution >= 0.6 is 0 Å². The highest BCUT2D eigenvalue weighted by Gasteiger charge is 2.36. The zero-order chi connectivity index (χ0) is 20.5. The number of amides is 3. The van der Waals surface area contributed by atoms with Gasteiger partial charge in [-0.3, -0.25) is 19.3 Å². The molecule has 1 saturated carbocycles. The Bertz CT molecular complexity index is 998. The standard InChI is InChI=1S/C22H20N2O5/c25-19(23-18(22(28)29)10-13-6-7-13)15-8-9-16-17(11-15)21(27)24(20(16)26)12-14-4-2-1-3-5-14/h1-5,8-9,11,13,18H,6-7,10,12H2,(H,23,25)(H,28,29). The van der Waals surface area contributed by atoms with Gasteiger partial charge in [-0.15, -0.1) is 0 Å². The fraction of sp³-hybridized carbons (Fsp3) is 0.273. The molecule has 3 amide bonds. The van der Waals surface area contributed by atoms with Gasteiger partial charge in [-0.25, -0.2) is 4.79 Å². The minimum absolute atomic E-state index is 0.150. The van der Waals surface area contributed by atoms with Crippen LogP contribution in [0.3, 0.4) is 0 Å². The molecule has 148 valence electrons. The predicted octanol–water partition coefficient (Wildman–Crippen LogP) is 2.47. The highest BCUT2D eigenvalue weighted by atomic mass is 16.4. The number of fused-ring (bicyclic) bond motifs is 1. The monoisotopic (exact) mass is 392 g/mol. The lowest BCUT2D eigenvalue weighted by molar-refractivity contribution is -0.139. The number of nitrogens with zero attached hydrogens (tertiary/aromatic N) is 1. The van der Waals surface area contributed by atoms with E-state index in [1.165, 1.54) is 18.2 Å². The largest absolute Gasteiger partial charge is 0.480 e. The van der Waals surface area contributed by atoms with Gasteiger partial charge in [-0.05, 0) is 36.1 Å². The minimum Gasteiger partial charge on any atom is -0.480 e. The van der Waals surface area contributed by atoms with Crippen LogP contribution in [0.15, 0.2) is 48.5 Å². The number of carbonyl (C=O) groups excluding carboxylic acids is 3. The van der Waals surface area contributed by atoms with Crippen molar-refractivity contribution in [2.45, 2.75) is 31.8 Å². The van der Waals surface area contributed by atoms with E-state index < -0.39 is 29.7 Å². The first kappa shape index (κ1) is 18.9. The second-order valence-electron chi connectivity index (χ2n) is 7.49. The van der Waals surface area contributed by atoms with Gasteiger partial charge in [0.15, 0.2) is 0 Å². The Hall–Kier alpha value is -3.48. The van der Waals surface area contributed by atoms with E-state index in [1.807, 2.05) is 30.3 Å². The molecular formula is C22H20N2O5. The zero-order valence-electron chi connectivity index (χ0n) is 15.6. The summed E-state index contributed by atoms with van der Waals surface area (Å²) < 4.78 is 0. The first-order chi connectivity index (χ1) is 13.9. The zero-order valence-corrected chi connectivity index (χ0v) is 15.6. The van der Waals surface area contributed by atoms with Crippen molar-refractivity contribution in [1.29, 1.82) is 0 Å². The van der Waals surface area contributed by atoms with Crippen molar-refractivity contribution in [2.24, 2.45) is 5.92 Å². The van der Waals surface area contributed by atoms with Gasteiger partial charge in [0.2, 0.25) is 0 Å². The fourth-order valence-corrected chi connectivity index (χ4v) is 3.49. The molecule has 1 atom stereocenters. The third kappa shape index (κ3) is 3.89. The summed E-state index contributed by atoms with van der Waals surface area (Å²) in [6.07, 6.45) is 2.35. The van der Waals surface area contributed by atoms with Crippen molar-refractivity contribution in [3.05, 3.63) is 70.8 Å². The van der Waals surface area contributed by atoms with Crippen LogP contribution in [-0.4, -0.2) is 39.7 Å². The van der Waals surface area contributed by atoms with Crippen molar-refractivity contribution in [3.63, 3.8) is 0 Å². The van der Waals surface area contributed by atoms with Crippen LogP contribution in [0.25, 0.3) is 0 Å². The quantitative estimate of drug-likeness (QED) is 0.705. The molecule has 4 rings (SSSR count). The number of aliphatic carboxylic acids is 1. The normalized spacial score (nSPS) is 16.5. The van der Waals surface area contributed by atoms with Crippen molar-refractivity contribution in [1.82, 2.24) is 10.2 Å². The van der Waals surface area contributed by atoms with E-state index in [9.17, 15) is 24.3 Å². The molecule has 29 heavy (non-hydrogen) atoms. The number of rotatable bonds is 7. The Morgan fingerprint density at radius 2 is 1.72 bits per heavy atom. The molecule has 2 aromatic rings. The summed E-state index contributed by atoms with van der Waals surface area (Å²) in [6.45, 7) is 0.150. The maximum atomic E-state index is 12.7. The average molecular weight is 392 g/mol.